The fourth-order valence-corrected chi connectivity index (χ4v) is 3.04. The zero-order valence-corrected chi connectivity index (χ0v) is 11.6. The number of methoxy groups -OCH3 is 1. The van der Waals surface area contributed by atoms with Crippen molar-refractivity contribution in [2.45, 2.75) is 57.7 Å². The van der Waals surface area contributed by atoms with Crippen molar-refractivity contribution in [3.8, 4) is 0 Å². The van der Waals surface area contributed by atoms with Crippen molar-refractivity contribution in [1.29, 1.82) is 0 Å². The molecule has 100 valence electrons. The molecule has 0 amide bonds. The Labute approximate surface area is 106 Å². The number of hydrogen-bond donors (Lipinski definition) is 1. The highest BCUT2D eigenvalue weighted by Gasteiger charge is 2.37. The molecule has 0 aromatic rings. The smallest absolute Gasteiger partial charge is 0.0615 e. The molecule has 3 unspecified atom stereocenters. The summed E-state index contributed by atoms with van der Waals surface area (Å²) >= 11 is 0. The van der Waals surface area contributed by atoms with Crippen molar-refractivity contribution < 1.29 is 4.74 Å². The molecule has 0 radical (unpaired) electrons. The minimum absolute atomic E-state index is 0.554. The Hall–Kier alpha value is -0.120. The van der Waals surface area contributed by atoms with Gasteiger partial charge in [0.2, 0.25) is 0 Å². The predicted molar refractivity (Wildman–Crippen MR) is 71.3 cm³/mol. The van der Waals surface area contributed by atoms with Gasteiger partial charge in [-0.3, -0.25) is 4.90 Å². The van der Waals surface area contributed by atoms with E-state index in [1.165, 1.54) is 32.2 Å². The summed E-state index contributed by atoms with van der Waals surface area (Å²) in [6, 6.07) is 2.19. The van der Waals surface area contributed by atoms with Gasteiger partial charge in [0.05, 0.1) is 6.61 Å². The second-order valence-electron chi connectivity index (χ2n) is 5.72. The van der Waals surface area contributed by atoms with Gasteiger partial charge in [-0.25, -0.2) is 0 Å². The lowest BCUT2D eigenvalue weighted by atomic mass is 9.77. The van der Waals surface area contributed by atoms with E-state index in [0.29, 0.717) is 6.04 Å². The van der Waals surface area contributed by atoms with Crippen molar-refractivity contribution in [2.75, 3.05) is 26.8 Å². The van der Waals surface area contributed by atoms with Crippen molar-refractivity contribution in [1.82, 2.24) is 10.2 Å². The van der Waals surface area contributed by atoms with Gasteiger partial charge in [0.15, 0.2) is 0 Å². The summed E-state index contributed by atoms with van der Waals surface area (Å²) in [5, 5.41) is 3.68. The maximum absolute atomic E-state index is 5.29. The third-order valence-corrected chi connectivity index (χ3v) is 4.39. The molecular weight excluding hydrogens is 212 g/mol. The Bertz CT molecular complexity index is 230. The fourth-order valence-electron chi connectivity index (χ4n) is 3.04. The van der Waals surface area contributed by atoms with E-state index in [1.54, 1.807) is 7.11 Å². The normalized spacial score (nSPS) is 30.4. The average molecular weight is 240 g/mol. The average Bonchev–Trinajstić information content (AvgIpc) is 3.08. The summed E-state index contributed by atoms with van der Waals surface area (Å²) in [5.41, 5.74) is 0. The summed E-state index contributed by atoms with van der Waals surface area (Å²) in [6.07, 6.45) is 5.57. The van der Waals surface area contributed by atoms with Crippen LogP contribution in [0.5, 0.6) is 0 Å². The van der Waals surface area contributed by atoms with E-state index in [0.717, 1.165) is 31.2 Å². The number of hydrogen-bond acceptors (Lipinski definition) is 3. The Morgan fingerprint density at radius 1 is 1.29 bits per heavy atom. The second kappa shape index (κ2) is 6.17. The highest BCUT2D eigenvalue weighted by molar-refractivity contribution is 4.93. The van der Waals surface area contributed by atoms with E-state index in [9.17, 15) is 0 Å². The zero-order chi connectivity index (χ0) is 12.3. The molecule has 3 nitrogen and oxygen atoms in total. The molecule has 2 fully saturated rings. The van der Waals surface area contributed by atoms with E-state index in [2.05, 4.69) is 24.1 Å². The lowest BCUT2D eigenvalue weighted by Crippen LogP contribution is -2.54. The molecule has 1 N–H and O–H groups in total. The van der Waals surface area contributed by atoms with E-state index < -0.39 is 0 Å². The van der Waals surface area contributed by atoms with Crippen LogP contribution in [-0.2, 0) is 4.74 Å². The minimum atomic E-state index is 0.554. The molecule has 17 heavy (non-hydrogen) atoms. The van der Waals surface area contributed by atoms with Crippen LogP contribution >= 0.6 is 0 Å². The Kier molecular flexibility index (Phi) is 4.83. The maximum atomic E-state index is 5.29. The van der Waals surface area contributed by atoms with E-state index in [1.807, 2.05) is 0 Å². The first-order valence-electron chi connectivity index (χ1n) is 7.24. The summed E-state index contributed by atoms with van der Waals surface area (Å²) in [6.45, 7) is 7.79. The van der Waals surface area contributed by atoms with Crippen LogP contribution < -0.4 is 5.32 Å². The van der Waals surface area contributed by atoms with Gasteiger partial charge in [0.25, 0.3) is 0 Å². The third kappa shape index (κ3) is 3.43. The largest absolute Gasteiger partial charge is 0.383 e. The number of rotatable bonds is 8. The minimum Gasteiger partial charge on any atom is -0.383 e. The monoisotopic (exact) mass is 240 g/mol. The Balaban J connectivity index is 1.77. The van der Waals surface area contributed by atoms with Gasteiger partial charge >= 0.3 is 0 Å². The topological polar surface area (TPSA) is 24.5 Å². The molecule has 2 aliphatic rings. The summed E-state index contributed by atoms with van der Waals surface area (Å²) in [5.74, 6) is 0.870. The van der Waals surface area contributed by atoms with Crippen LogP contribution in [0.3, 0.4) is 0 Å². The highest BCUT2D eigenvalue weighted by Crippen LogP contribution is 2.33. The van der Waals surface area contributed by atoms with Crippen molar-refractivity contribution in [3.63, 3.8) is 0 Å². The summed E-state index contributed by atoms with van der Waals surface area (Å²) < 4.78 is 5.29. The molecule has 2 saturated carbocycles. The molecule has 0 aliphatic heterocycles. The van der Waals surface area contributed by atoms with Gasteiger partial charge in [-0.2, -0.15) is 0 Å². The number of ether oxygens (including phenoxy) is 1. The maximum Gasteiger partial charge on any atom is 0.0615 e. The Morgan fingerprint density at radius 3 is 2.53 bits per heavy atom. The first-order valence-corrected chi connectivity index (χ1v) is 7.24. The SMILES string of the molecule is CCN(C(C)COC)C1CCC1CNC1CC1. The molecule has 2 rings (SSSR count). The zero-order valence-electron chi connectivity index (χ0n) is 11.6. The quantitative estimate of drug-likeness (QED) is 0.701. The van der Waals surface area contributed by atoms with E-state index in [-0.39, 0.29) is 0 Å². The van der Waals surface area contributed by atoms with Gasteiger partial charge in [0, 0.05) is 25.2 Å². The standard InChI is InChI=1S/C14H28N2O/c1-4-16(11(2)10-17-3)14-8-5-12(14)9-15-13-6-7-13/h11-15H,4-10H2,1-3H3. The summed E-state index contributed by atoms with van der Waals surface area (Å²) in [4.78, 5) is 2.63. The van der Waals surface area contributed by atoms with Crippen LogP contribution in [0.2, 0.25) is 0 Å². The third-order valence-electron chi connectivity index (χ3n) is 4.39. The fraction of sp³-hybridized carbons (Fsp3) is 1.00. The molecule has 0 aromatic heterocycles. The molecule has 0 aromatic carbocycles. The van der Waals surface area contributed by atoms with Crippen LogP contribution in [0, 0.1) is 5.92 Å². The van der Waals surface area contributed by atoms with Crippen LogP contribution in [0.1, 0.15) is 39.5 Å². The lowest BCUT2D eigenvalue weighted by molar-refractivity contribution is 0.00785. The van der Waals surface area contributed by atoms with Crippen molar-refractivity contribution in [3.05, 3.63) is 0 Å². The molecule has 2 aliphatic carbocycles. The molecule has 0 saturated heterocycles. The highest BCUT2D eigenvalue weighted by atomic mass is 16.5. The van der Waals surface area contributed by atoms with Crippen LogP contribution in [0.25, 0.3) is 0 Å². The molecule has 3 atom stereocenters. The number of nitrogens with zero attached hydrogens (tertiary/aromatic N) is 1. The number of likely N-dealkylation sites (N-methyl/N-ethyl adjacent to an activating group) is 1. The molecule has 0 heterocycles. The van der Waals surface area contributed by atoms with Gasteiger partial charge in [0.1, 0.15) is 0 Å². The van der Waals surface area contributed by atoms with Crippen LogP contribution in [0.4, 0.5) is 0 Å². The molecule has 0 spiro atoms. The summed E-state index contributed by atoms with van der Waals surface area (Å²) in [7, 11) is 1.80. The predicted octanol–water partition coefficient (Wildman–Crippen LogP) is 1.87. The van der Waals surface area contributed by atoms with E-state index in [4.69, 9.17) is 4.74 Å². The van der Waals surface area contributed by atoms with Gasteiger partial charge < -0.3 is 10.1 Å². The van der Waals surface area contributed by atoms with E-state index >= 15 is 0 Å². The second-order valence-corrected chi connectivity index (χ2v) is 5.72. The van der Waals surface area contributed by atoms with Crippen LogP contribution in [0.15, 0.2) is 0 Å². The lowest BCUT2D eigenvalue weighted by Gasteiger charge is -2.46. The Morgan fingerprint density at radius 2 is 2.06 bits per heavy atom. The molecular formula is C14H28N2O. The van der Waals surface area contributed by atoms with Gasteiger partial charge in [-0.1, -0.05) is 6.92 Å². The van der Waals surface area contributed by atoms with Crippen molar-refractivity contribution in [2.24, 2.45) is 5.92 Å². The van der Waals surface area contributed by atoms with Gasteiger partial charge in [-0.05, 0) is 51.6 Å². The molecule has 3 heteroatoms. The first kappa shape index (κ1) is 13.3. The first-order chi connectivity index (χ1) is 8.26. The van der Waals surface area contributed by atoms with Gasteiger partial charge in [-0.15, -0.1) is 0 Å². The molecule has 0 bridgehead atoms. The number of nitrogens with one attached hydrogen (secondary N) is 1. The van der Waals surface area contributed by atoms with Crippen molar-refractivity contribution >= 4 is 0 Å². The van der Waals surface area contributed by atoms with Crippen LogP contribution in [-0.4, -0.2) is 49.8 Å².